The first kappa shape index (κ1) is 19.0. The molecule has 2 aromatic rings. The average molecular weight is 365 g/mol. The van der Waals surface area contributed by atoms with E-state index >= 15 is 0 Å². The van der Waals surface area contributed by atoms with Gasteiger partial charge in [-0.3, -0.25) is 4.57 Å². The fraction of sp³-hybridized carbons (Fsp3) is 0.706. The molecule has 3 heterocycles. The number of hydrogen-bond donors (Lipinski definition) is 3. The first-order chi connectivity index (χ1) is 12.7. The van der Waals surface area contributed by atoms with E-state index in [-0.39, 0.29) is 6.61 Å². The Labute approximate surface area is 152 Å². The van der Waals surface area contributed by atoms with Gasteiger partial charge in [-0.25, -0.2) is 15.0 Å². The SMILES string of the molecule is CCCCCCOC1C(O)[C@@H](CO)O[C@H]1n1cnc2c(NC)ncnc21. The summed E-state index contributed by atoms with van der Waals surface area (Å²) >= 11 is 0. The molecule has 0 saturated carbocycles. The lowest BCUT2D eigenvalue weighted by Crippen LogP contribution is -2.35. The summed E-state index contributed by atoms with van der Waals surface area (Å²) in [7, 11) is 1.76. The number of nitrogens with zero attached hydrogens (tertiary/aromatic N) is 4. The molecule has 0 radical (unpaired) electrons. The molecule has 0 aliphatic carbocycles. The molecule has 1 saturated heterocycles. The highest BCUT2D eigenvalue weighted by atomic mass is 16.6. The number of nitrogens with one attached hydrogen (secondary N) is 1. The molecule has 3 rings (SSSR count). The standard InChI is InChI=1S/C17H27N5O4/c1-3-4-5-6-7-25-14-13(24)11(8-23)26-17(14)22-10-21-12-15(18-2)19-9-20-16(12)22/h9-11,13-14,17,23-24H,3-8H2,1-2H3,(H,18,19,20)/t11-,13?,14?,17-/m1/s1. The zero-order valence-corrected chi connectivity index (χ0v) is 15.2. The number of ether oxygens (including phenoxy) is 2. The van der Waals surface area contributed by atoms with Crippen LogP contribution >= 0.6 is 0 Å². The van der Waals surface area contributed by atoms with Crippen LogP contribution in [0.25, 0.3) is 11.2 Å². The number of aromatic nitrogens is 4. The predicted octanol–water partition coefficient (Wildman–Crippen LogP) is 1.08. The van der Waals surface area contributed by atoms with E-state index < -0.39 is 24.5 Å². The number of imidazole rings is 1. The van der Waals surface area contributed by atoms with E-state index in [4.69, 9.17) is 9.47 Å². The number of rotatable bonds is 9. The second kappa shape index (κ2) is 8.72. The normalized spacial score (nSPS) is 25.8. The fourth-order valence-electron chi connectivity index (χ4n) is 3.24. The molecule has 4 atom stereocenters. The number of unbranched alkanes of at least 4 members (excludes halogenated alkanes) is 3. The van der Waals surface area contributed by atoms with Crippen molar-refractivity contribution in [3.05, 3.63) is 12.7 Å². The van der Waals surface area contributed by atoms with Gasteiger partial charge in [0, 0.05) is 13.7 Å². The van der Waals surface area contributed by atoms with Crippen molar-refractivity contribution in [2.75, 3.05) is 25.6 Å². The van der Waals surface area contributed by atoms with Gasteiger partial charge in [-0.2, -0.15) is 0 Å². The third kappa shape index (κ3) is 3.66. The van der Waals surface area contributed by atoms with Crippen LogP contribution in [0.4, 0.5) is 5.82 Å². The number of hydrogen-bond acceptors (Lipinski definition) is 8. The van der Waals surface area contributed by atoms with E-state index in [0.29, 0.717) is 23.6 Å². The molecule has 26 heavy (non-hydrogen) atoms. The van der Waals surface area contributed by atoms with Gasteiger partial charge in [0.05, 0.1) is 12.9 Å². The van der Waals surface area contributed by atoms with Gasteiger partial charge in [0.25, 0.3) is 0 Å². The van der Waals surface area contributed by atoms with Crippen molar-refractivity contribution in [1.82, 2.24) is 19.5 Å². The van der Waals surface area contributed by atoms with Gasteiger partial charge in [0.1, 0.15) is 30.2 Å². The molecule has 144 valence electrons. The molecule has 2 unspecified atom stereocenters. The molecule has 9 nitrogen and oxygen atoms in total. The summed E-state index contributed by atoms with van der Waals surface area (Å²) in [6.45, 7) is 2.41. The highest BCUT2D eigenvalue weighted by Gasteiger charge is 2.45. The van der Waals surface area contributed by atoms with Crippen LogP contribution in [0.5, 0.6) is 0 Å². The van der Waals surface area contributed by atoms with Crippen LogP contribution in [0, 0.1) is 0 Å². The van der Waals surface area contributed by atoms with Crippen molar-refractivity contribution in [2.45, 2.75) is 57.1 Å². The largest absolute Gasteiger partial charge is 0.394 e. The Bertz CT molecular complexity index is 710. The van der Waals surface area contributed by atoms with Crippen molar-refractivity contribution < 1.29 is 19.7 Å². The highest BCUT2D eigenvalue weighted by molar-refractivity contribution is 5.82. The lowest BCUT2D eigenvalue weighted by Gasteiger charge is -2.22. The molecule has 1 fully saturated rings. The third-order valence-corrected chi connectivity index (χ3v) is 4.67. The quantitative estimate of drug-likeness (QED) is 0.566. The van der Waals surface area contributed by atoms with Crippen LogP contribution in [0.1, 0.15) is 38.8 Å². The van der Waals surface area contributed by atoms with E-state index in [9.17, 15) is 10.2 Å². The van der Waals surface area contributed by atoms with Gasteiger partial charge in [0.2, 0.25) is 0 Å². The fourth-order valence-corrected chi connectivity index (χ4v) is 3.24. The predicted molar refractivity (Wildman–Crippen MR) is 95.8 cm³/mol. The lowest BCUT2D eigenvalue weighted by molar-refractivity contribution is -0.0711. The van der Waals surface area contributed by atoms with Crippen molar-refractivity contribution in [1.29, 1.82) is 0 Å². The minimum atomic E-state index is -0.917. The molecule has 3 N–H and O–H groups in total. The van der Waals surface area contributed by atoms with Gasteiger partial charge >= 0.3 is 0 Å². The molecule has 0 amide bonds. The smallest absolute Gasteiger partial charge is 0.167 e. The van der Waals surface area contributed by atoms with Crippen molar-refractivity contribution in [2.24, 2.45) is 0 Å². The van der Waals surface area contributed by atoms with Crippen LogP contribution < -0.4 is 5.32 Å². The lowest BCUT2D eigenvalue weighted by atomic mass is 10.1. The number of aliphatic hydroxyl groups is 2. The summed E-state index contributed by atoms with van der Waals surface area (Å²) in [5, 5.41) is 23.0. The first-order valence-corrected chi connectivity index (χ1v) is 9.12. The maximum absolute atomic E-state index is 10.5. The summed E-state index contributed by atoms with van der Waals surface area (Å²) in [5.41, 5.74) is 1.20. The third-order valence-electron chi connectivity index (χ3n) is 4.67. The highest BCUT2D eigenvalue weighted by Crippen LogP contribution is 2.34. The molecule has 2 aromatic heterocycles. The van der Waals surface area contributed by atoms with Crippen molar-refractivity contribution in [3.63, 3.8) is 0 Å². The Morgan fingerprint density at radius 1 is 1.27 bits per heavy atom. The summed E-state index contributed by atoms with van der Waals surface area (Å²) < 4.78 is 13.5. The van der Waals surface area contributed by atoms with E-state index in [2.05, 4.69) is 27.2 Å². The minimum absolute atomic E-state index is 0.281. The molecule has 1 aliphatic rings. The maximum Gasteiger partial charge on any atom is 0.167 e. The zero-order valence-electron chi connectivity index (χ0n) is 15.2. The van der Waals surface area contributed by atoms with Crippen LogP contribution in [-0.4, -0.2) is 68.3 Å². The summed E-state index contributed by atoms with van der Waals surface area (Å²) in [4.78, 5) is 12.8. The number of anilines is 1. The molecular weight excluding hydrogens is 338 g/mol. The van der Waals surface area contributed by atoms with E-state index in [1.165, 1.54) is 6.33 Å². The molecular formula is C17H27N5O4. The van der Waals surface area contributed by atoms with Gasteiger partial charge < -0.3 is 25.0 Å². The topological polar surface area (TPSA) is 115 Å². The average Bonchev–Trinajstić information content (AvgIpc) is 3.22. The monoisotopic (exact) mass is 365 g/mol. The molecule has 1 aliphatic heterocycles. The molecule has 0 bridgehead atoms. The Balaban J connectivity index is 1.81. The van der Waals surface area contributed by atoms with E-state index in [0.717, 1.165) is 25.7 Å². The number of fused-ring (bicyclic) bond motifs is 1. The summed E-state index contributed by atoms with van der Waals surface area (Å²) in [6.07, 6.45) is 4.53. The maximum atomic E-state index is 10.5. The second-order valence-corrected chi connectivity index (χ2v) is 6.43. The van der Waals surface area contributed by atoms with Crippen LogP contribution in [0.15, 0.2) is 12.7 Å². The minimum Gasteiger partial charge on any atom is -0.394 e. The van der Waals surface area contributed by atoms with Crippen molar-refractivity contribution >= 4 is 17.0 Å². The Kier molecular flexibility index (Phi) is 6.36. The zero-order chi connectivity index (χ0) is 18.5. The van der Waals surface area contributed by atoms with Crippen molar-refractivity contribution in [3.8, 4) is 0 Å². The van der Waals surface area contributed by atoms with Gasteiger partial charge in [0.15, 0.2) is 17.7 Å². The van der Waals surface area contributed by atoms with Crippen LogP contribution in [-0.2, 0) is 9.47 Å². The van der Waals surface area contributed by atoms with Gasteiger partial charge in [-0.15, -0.1) is 0 Å². The Morgan fingerprint density at radius 3 is 2.85 bits per heavy atom. The second-order valence-electron chi connectivity index (χ2n) is 6.43. The summed E-state index contributed by atoms with van der Waals surface area (Å²) in [6, 6.07) is 0. The Hall–Kier alpha value is -1.81. The molecule has 9 heteroatoms. The van der Waals surface area contributed by atoms with Gasteiger partial charge in [-0.05, 0) is 6.42 Å². The van der Waals surface area contributed by atoms with E-state index in [1.54, 1.807) is 17.9 Å². The van der Waals surface area contributed by atoms with Crippen LogP contribution in [0.3, 0.4) is 0 Å². The van der Waals surface area contributed by atoms with E-state index in [1.807, 2.05) is 0 Å². The Morgan fingerprint density at radius 2 is 2.12 bits per heavy atom. The van der Waals surface area contributed by atoms with Crippen LogP contribution in [0.2, 0.25) is 0 Å². The molecule has 0 spiro atoms. The van der Waals surface area contributed by atoms with Gasteiger partial charge in [-0.1, -0.05) is 26.2 Å². The summed E-state index contributed by atoms with van der Waals surface area (Å²) in [5.74, 6) is 0.614. The number of aliphatic hydroxyl groups excluding tert-OH is 2. The first-order valence-electron chi connectivity index (χ1n) is 9.12. The molecule has 0 aromatic carbocycles.